The Balaban J connectivity index is 1.45. The van der Waals surface area contributed by atoms with Crippen LogP contribution in [0.1, 0.15) is 25.8 Å². The zero-order valence-corrected chi connectivity index (χ0v) is 18.1. The fourth-order valence-corrected chi connectivity index (χ4v) is 3.62. The van der Waals surface area contributed by atoms with Gasteiger partial charge in [0.15, 0.2) is 0 Å². The van der Waals surface area contributed by atoms with Crippen LogP contribution in [0, 0.1) is 5.92 Å². The van der Waals surface area contributed by atoms with E-state index in [1.165, 1.54) is 0 Å². The first-order valence-corrected chi connectivity index (χ1v) is 10.7. The molecule has 3 aromatic carbocycles. The molecular weight excluding hydrogens is 404 g/mol. The quantitative estimate of drug-likeness (QED) is 0.384. The second-order valence-electron chi connectivity index (χ2n) is 7.87. The normalized spacial score (nSPS) is 12.9. The lowest BCUT2D eigenvalue weighted by atomic mass is 9.98. The second kappa shape index (κ2) is 9.56. The minimum Gasteiger partial charge on any atom is -0.456 e. The maximum absolute atomic E-state index is 13.0. The first kappa shape index (κ1) is 21.4. The van der Waals surface area contributed by atoms with Crippen LogP contribution in [0.15, 0.2) is 77.2 Å². The number of anilines is 1. The Labute approximate surface area is 186 Å². The SMILES string of the molecule is CC[C@H](C)[C@H](NC(=O)OCc1ccccc1)C(=O)Nc1ccc2c(c1)oc1ccccc12. The summed E-state index contributed by atoms with van der Waals surface area (Å²) in [6.45, 7) is 4.04. The summed E-state index contributed by atoms with van der Waals surface area (Å²) in [4.78, 5) is 25.4. The average Bonchev–Trinajstić information content (AvgIpc) is 3.19. The highest BCUT2D eigenvalue weighted by Gasteiger charge is 2.27. The number of nitrogens with one attached hydrogen (secondary N) is 2. The van der Waals surface area contributed by atoms with Gasteiger partial charge in [-0.1, -0.05) is 68.8 Å². The molecule has 0 saturated carbocycles. The van der Waals surface area contributed by atoms with E-state index in [4.69, 9.17) is 9.15 Å². The maximum atomic E-state index is 13.0. The van der Waals surface area contributed by atoms with Crippen LogP contribution in [0.5, 0.6) is 0 Å². The van der Waals surface area contributed by atoms with Gasteiger partial charge in [0.1, 0.15) is 23.8 Å². The molecule has 2 atom stereocenters. The van der Waals surface area contributed by atoms with Crippen LogP contribution in [0.3, 0.4) is 0 Å². The van der Waals surface area contributed by atoms with Crippen LogP contribution in [-0.2, 0) is 16.1 Å². The van der Waals surface area contributed by atoms with Crippen LogP contribution in [0.25, 0.3) is 21.9 Å². The summed E-state index contributed by atoms with van der Waals surface area (Å²) in [7, 11) is 0. The van der Waals surface area contributed by atoms with Crippen molar-refractivity contribution in [3.63, 3.8) is 0 Å². The predicted octanol–water partition coefficient (Wildman–Crippen LogP) is 5.87. The summed E-state index contributed by atoms with van der Waals surface area (Å²) in [6, 6.07) is 22.1. The summed E-state index contributed by atoms with van der Waals surface area (Å²) < 4.78 is 11.2. The van der Waals surface area contributed by atoms with E-state index in [9.17, 15) is 9.59 Å². The van der Waals surface area contributed by atoms with Crippen molar-refractivity contribution in [2.45, 2.75) is 32.9 Å². The van der Waals surface area contributed by atoms with Gasteiger partial charge < -0.3 is 19.8 Å². The molecule has 0 fully saturated rings. The van der Waals surface area contributed by atoms with Crippen LogP contribution in [0.4, 0.5) is 10.5 Å². The van der Waals surface area contributed by atoms with Crippen molar-refractivity contribution in [1.29, 1.82) is 0 Å². The van der Waals surface area contributed by atoms with Crippen molar-refractivity contribution in [3.8, 4) is 0 Å². The van der Waals surface area contributed by atoms with E-state index in [2.05, 4.69) is 10.6 Å². The molecule has 0 aliphatic heterocycles. The Bertz CT molecular complexity index is 1230. The molecule has 2 N–H and O–H groups in total. The summed E-state index contributed by atoms with van der Waals surface area (Å²) in [5.74, 6) is -0.374. The molecular formula is C26H26N2O4. The van der Waals surface area contributed by atoms with Gasteiger partial charge in [-0.3, -0.25) is 4.79 Å². The number of para-hydroxylation sites is 1. The van der Waals surface area contributed by atoms with Crippen molar-refractivity contribution >= 4 is 39.6 Å². The third-order valence-corrected chi connectivity index (χ3v) is 5.63. The molecule has 4 rings (SSSR count). The van der Waals surface area contributed by atoms with Crippen molar-refractivity contribution in [1.82, 2.24) is 5.32 Å². The molecule has 0 bridgehead atoms. The minimum atomic E-state index is -0.727. The Hall–Kier alpha value is -3.80. The second-order valence-corrected chi connectivity index (χ2v) is 7.87. The molecule has 6 nitrogen and oxygen atoms in total. The van der Waals surface area contributed by atoms with E-state index >= 15 is 0 Å². The lowest BCUT2D eigenvalue weighted by Crippen LogP contribution is -2.47. The number of amides is 2. The number of alkyl carbamates (subject to hydrolysis) is 1. The number of rotatable bonds is 7. The Morgan fingerprint density at radius 2 is 1.66 bits per heavy atom. The number of hydrogen-bond donors (Lipinski definition) is 2. The van der Waals surface area contributed by atoms with E-state index in [1.807, 2.05) is 80.6 Å². The van der Waals surface area contributed by atoms with E-state index in [1.54, 1.807) is 6.07 Å². The zero-order chi connectivity index (χ0) is 22.5. The molecule has 0 aliphatic carbocycles. The van der Waals surface area contributed by atoms with E-state index in [-0.39, 0.29) is 18.4 Å². The molecule has 6 heteroatoms. The number of furan rings is 1. The number of benzene rings is 3. The van der Waals surface area contributed by atoms with Crippen LogP contribution >= 0.6 is 0 Å². The Morgan fingerprint density at radius 3 is 2.44 bits per heavy atom. The van der Waals surface area contributed by atoms with Gasteiger partial charge >= 0.3 is 6.09 Å². The molecule has 164 valence electrons. The number of hydrogen-bond acceptors (Lipinski definition) is 4. The summed E-state index contributed by atoms with van der Waals surface area (Å²) in [5.41, 5.74) is 2.98. The van der Waals surface area contributed by atoms with Gasteiger partial charge in [-0.15, -0.1) is 0 Å². The summed E-state index contributed by atoms with van der Waals surface area (Å²) in [6.07, 6.45) is 0.0988. The number of carbonyl (C=O) groups is 2. The fourth-order valence-electron chi connectivity index (χ4n) is 3.62. The van der Waals surface area contributed by atoms with Gasteiger partial charge in [-0.05, 0) is 29.7 Å². The smallest absolute Gasteiger partial charge is 0.408 e. The fraction of sp³-hybridized carbons (Fsp3) is 0.231. The summed E-state index contributed by atoms with van der Waals surface area (Å²) >= 11 is 0. The van der Waals surface area contributed by atoms with Crippen LogP contribution in [0.2, 0.25) is 0 Å². The first-order chi connectivity index (χ1) is 15.5. The highest BCUT2D eigenvalue weighted by Crippen LogP contribution is 2.30. The average molecular weight is 431 g/mol. The van der Waals surface area contributed by atoms with Gasteiger partial charge in [0, 0.05) is 22.5 Å². The predicted molar refractivity (Wildman–Crippen MR) is 125 cm³/mol. The molecule has 0 unspecified atom stereocenters. The van der Waals surface area contributed by atoms with E-state index in [0.29, 0.717) is 11.3 Å². The molecule has 4 aromatic rings. The lowest BCUT2D eigenvalue weighted by Gasteiger charge is -2.23. The van der Waals surface area contributed by atoms with Gasteiger partial charge in [-0.25, -0.2) is 4.79 Å². The molecule has 0 radical (unpaired) electrons. The number of ether oxygens (including phenoxy) is 1. The molecule has 0 spiro atoms. The highest BCUT2D eigenvalue weighted by molar-refractivity contribution is 6.06. The molecule has 32 heavy (non-hydrogen) atoms. The molecule has 1 heterocycles. The van der Waals surface area contributed by atoms with Crippen molar-refractivity contribution in [2.75, 3.05) is 5.32 Å². The van der Waals surface area contributed by atoms with E-state index in [0.717, 1.165) is 28.3 Å². The van der Waals surface area contributed by atoms with Gasteiger partial charge in [0.05, 0.1) is 0 Å². The zero-order valence-electron chi connectivity index (χ0n) is 18.1. The lowest BCUT2D eigenvalue weighted by molar-refractivity contribution is -0.119. The highest BCUT2D eigenvalue weighted by atomic mass is 16.5. The largest absolute Gasteiger partial charge is 0.456 e. The van der Waals surface area contributed by atoms with E-state index < -0.39 is 12.1 Å². The third kappa shape index (κ3) is 4.75. The van der Waals surface area contributed by atoms with Gasteiger partial charge in [-0.2, -0.15) is 0 Å². The van der Waals surface area contributed by atoms with Crippen LogP contribution in [-0.4, -0.2) is 18.0 Å². The molecule has 0 aliphatic rings. The third-order valence-electron chi connectivity index (χ3n) is 5.63. The van der Waals surface area contributed by atoms with Crippen molar-refractivity contribution in [3.05, 3.63) is 78.4 Å². The van der Waals surface area contributed by atoms with Gasteiger partial charge in [0.25, 0.3) is 0 Å². The van der Waals surface area contributed by atoms with Gasteiger partial charge in [0.2, 0.25) is 5.91 Å². The molecule has 2 amide bonds. The maximum Gasteiger partial charge on any atom is 0.408 e. The molecule has 1 aromatic heterocycles. The Morgan fingerprint density at radius 1 is 0.938 bits per heavy atom. The number of fused-ring (bicyclic) bond motifs is 3. The van der Waals surface area contributed by atoms with Crippen molar-refractivity contribution in [2.24, 2.45) is 5.92 Å². The number of carbonyl (C=O) groups excluding carboxylic acids is 2. The van der Waals surface area contributed by atoms with Crippen LogP contribution < -0.4 is 10.6 Å². The summed E-state index contributed by atoms with van der Waals surface area (Å²) in [5, 5.41) is 7.64. The minimum absolute atomic E-state index is 0.0748. The Kier molecular flexibility index (Phi) is 6.40. The molecule has 0 saturated heterocycles. The topological polar surface area (TPSA) is 80.6 Å². The first-order valence-electron chi connectivity index (χ1n) is 10.7. The standard InChI is InChI=1S/C26H26N2O4/c1-3-17(2)24(28-26(30)31-16-18-9-5-4-6-10-18)25(29)27-19-13-14-21-20-11-7-8-12-22(20)32-23(21)15-19/h4-15,17,24H,3,16H2,1-2H3,(H,27,29)(H,28,30)/t17-,24-/m0/s1. The van der Waals surface area contributed by atoms with Crippen molar-refractivity contribution < 1.29 is 18.7 Å². The monoisotopic (exact) mass is 430 g/mol.